The monoisotopic (exact) mass is 312 g/mol. The minimum absolute atomic E-state index is 0.282. The molecule has 0 radical (unpaired) electrons. The van der Waals surface area contributed by atoms with Gasteiger partial charge in [0.15, 0.2) is 0 Å². The van der Waals surface area contributed by atoms with Gasteiger partial charge in [-0.3, -0.25) is 4.79 Å². The third-order valence-corrected chi connectivity index (χ3v) is 4.80. The molecule has 0 saturated carbocycles. The standard InChI is InChI=1S/C15H21ClN2OS/c1-17-11-13-3-2-9-18(13)15(19)8-10-20-14-6-4-12(16)5-7-14/h4-7,13,17H,2-3,8-11H2,1H3. The van der Waals surface area contributed by atoms with Crippen LogP contribution in [0.25, 0.3) is 0 Å². The molecule has 0 aromatic heterocycles. The van der Waals surface area contributed by atoms with Crippen molar-refractivity contribution in [3.05, 3.63) is 29.3 Å². The Kier molecular flexibility index (Phi) is 6.20. The highest BCUT2D eigenvalue weighted by atomic mass is 35.5. The third-order valence-electron chi connectivity index (χ3n) is 3.54. The molecule has 1 aromatic carbocycles. The second-order valence-corrected chi connectivity index (χ2v) is 6.60. The van der Waals surface area contributed by atoms with Crippen molar-refractivity contribution in [1.29, 1.82) is 0 Å². The second-order valence-electron chi connectivity index (χ2n) is 4.99. The Labute approximate surface area is 130 Å². The number of amides is 1. The fourth-order valence-electron chi connectivity index (χ4n) is 2.54. The van der Waals surface area contributed by atoms with Crippen LogP contribution in [0.2, 0.25) is 5.02 Å². The van der Waals surface area contributed by atoms with Crippen LogP contribution in [0.3, 0.4) is 0 Å². The van der Waals surface area contributed by atoms with Crippen molar-refractivity contribution >= 4 is 29.3 Å². The van der Waals surface area contributed by atoms with Gasteiger partial charge in [0, 0.05) is 41.2 Å². The van der Waals surface area contributed by atoms with E-state index in [0.29, 0.717) is 12.5 Å². The van der Waals surface area contributed by atoms with Crippen molar-refractivity contribution in [2.24, 2.45) is 0 Å². The van der Waals surface area contributed by atoms with Crippen LogP contribution in [0.5, 0.6) is 0 Å². The maximum absolute atomic E-state index is 12.2. The maximum Gasteiger partial charge on any atom is 0.223 e. The normalized spacial score (nSPS) is 18.5. The van der Waals surface area contributed by atoms with Crippen molar-refractivity contribution in [1.82, 2.24) is 10.2 Å². The lowest BCUT2D eigenvalue weighted by atomic mass is 10.2. The predicted octanol–water partition coefficient (Wildman–Crippen LogP) is 3.03. The molecule has 1 amide bonds. The fourth-order valence-corrected chi connectivity index (χ4v) is 3.51. The Hall–Kier alpha value is -0.710. The molecule has 1 aromatic rings. The molecule has 1 atom stereocenters. The van der Waals surface area contributed by atoms with Crippen LogP contribution in [0.15, 0.2) is 29.2 Å². The molecule has 1 heterocycles. The van der Waals surface area contributed by atoms with Gasteiger partial charge in [0.2, 0.25) is 5.91 Å². The van der Waals surface area contributed by atoms with E-state index in [1.165, 1.54) is 0 Å². The Morgan fingerprint density at radius 2 is 2.20 bits per heavy atom. The number of hydrogen-bond donors (Lipinski definition) is 1. The summed E-state index contributed by atoms with van der Waals surface area (Å²) in [4.78, 5) is 15.4. The summed E-state index contributed by atoms with van der Waals surface area (Å²) in [5, 5.41) is 3.92. The van der Waals surface area contributed by atoms with E-state index in [2.05, 4.69) is 5.32 Å². The zero-order chi connectivity index (χ0) is 14.4. The van der Waals surface area contributed by atoms with Gasteiger partial charge in [-0.25, -0.2) is 0 Å². The summed E-state index contributed by atoms with van der Waals surface area (Å²) in [5.74, 6) is 1.10. The number of likely N-dealkylation sites (tertiary alicyclic amines) is 1. The Balaban J connectivity index is 1.76. The van der Waals surface area contributed by atoms with Crippen LogP contribution >= 0.6 is 23.4 Å². The average molecular weight is 313 g/mol. The lowest BCUT2D eigenvalue weighted by molar-refractivity contribution is -0.131. The summed E-state index contributed by atoms with van der Waals surface area (Å²) in [6.45, 7) is 1.81. The topological polar surface area (TPSA) is 32.3 Å². The number of halogens is 1. The van der Waals surface area contributed by atoms with Gasteiger partial charge in [0.1, 0.15) is 0 Å². The Morgan fingerprint density at radius 3 is 2.90 bits per heavy atom. The number of hydrogen-bond acceptors (Lipinski definition) is 3. The molecule has 20 heavy (non-hydrogen) atoms. The minimum atomic E-state index is 0.282. The molecule has 1 aliphatic heterocycles. The summed E-state index contributed by atoms with van der Waals surface area (Å²) < 4.78 is 0. The van der Waals surface area contributed by atoms with Gasteiger partial charge < -0.3 is 10.2 Å². The molecular formula is C15H21ClN2OS. The molecule has 110 valence electrons. The minimum Gasteiger partial charge on any atom is -0.338 e. The van der Waals surface area contributed by atoms with Gasteiger partial charge in [0.05, 0.1) is 0 Å². The zero-order valence-corrected chi connectivity index (χ0v) is 13.3. The summed E-state index contributed by atoms with van der Waals surface area (Å²) in [6.07, 6.45) is 2.85. The smallest absolute Gasteiger partial charge is 0.223 e. The molecule has 0 bridgehead atoms. The Morgan fingerprint density at radius 1 is 1.45 bits per heavy atom. The van der Waals surface area contributed by atoms with Gasteiger partial charge in [-0.2, -0.15) is 0 Å². The number of likely N-dealkylation sites (N-methyl/N-ethyl adjacent to an activating group) is 1. The third kappa shape index (κ3) is 4.40. The summed E-state index contributed by atoms with van der Waals surface area (Å²) >= 11 is 7.56. The van der Waals surface area contributed by atoms with Crippen LogP contribution in [0.4, 0.5) is 0 Å². The molecule has 1 unspecified atom stereocenters. The van der Waals surface area contributed by atoms with E-state index < -0.39 is 0 Å². The zero-order valence-electron chi connectivity index (χ0n) is 11.8. The van der Waals surface area contributed by atoms with E-state index in [9.17, 15) is 4.79 Å². The number of nitrogens with one attached hydrogen (secondary N) is 1. The molecule has 2 rings (SSSR count). The number of thioether (sulfide) groups is 1. The van der Waals surface area contributed by atoms with Crippen LogP contribution in [-0.4, -0.2) is 42.7 Å². The molecule has 1 N–H and O–H groups in total. The number of rotatable bonds is 6. The molecule has 0 aliphatic carbocycles. The van der Waals surface area contributed by atoms with Gasteiger partial charge in [0.25, 0.3) is 0 Å². The van der Waals surface area contributed by atoms with Crippen molar-refractivity contribution in [3.63, 3.8) is 0 Å². The van der Waals surface area contributed by atoms with Gasteiger partial charge in [-0.15, -0.1) is 11.8 Å². The molecule has 1 fully saturated rings. The fraction of sp³-hybridized carbons (Fsp3) is 0.533. The van der Waals surface area contributed by atoms with Crippen molar-refractivity contribution in [2.45, 2.75) is 30.2 Å². The molecule has 0 spiro atoms. The largest absolute Gasteiger partial charge is 0.338 e. The highest BCUT2D eigenvalue weighted by molar-refractivity contribution is 7.99. The molecular weight excluding hydrogens is 292 g/mol. The summed E-state index contributed by atoms with van der Waals surface area (Å²) in [5.41, 5.74) is 0. The first-order valence-corrected chi connectivity index (χ1v) is 8.39. The first kappa shape index (κ1) is 15.7. The first-order valence-electron chi connectivity index (χ1n) is 7.03. The summed E-state index contributed by atoms with van der Waals surface area (Å²) in [6, 6.07) is 8.14. The van der Waals surface area contributed by atoms with Gasteiger partial charge >= 0.3 is 0 Å². The van der Waals surface area contributed by atoms with E-state index >= 15 is 0 Å². The van der Waals surface area contributed by atoms with E-state index in [-0.39, 0.29) is 5.91 Å². The van der Waals surface area contributed by atoms with Crippen LogP contribution < -0.4 is 5.32 Å². The highest BCUT2D eigenvalue weighted by Gasteiger charge is 2.27. The quantitative estimate of drug-likeness (QED) is 0.820. The summed E-state index contributed by atoms with van der Waals surface area (Å²) in [7, 11) is 1.94. The lowest BCUT2D eigenvalue weighted by Gasteiger charge is -2.24. The van der Waals surface area contributed by atoms with Crippen LogP contribution in [0.1, 0.15) is 19.3 Å². The SMILES string of the molecule is CNCC1CCCN1C(=O)CCSc1ccc(Cl)cc1. The maximum atomic E-state index is 12.2. The van der Waals surface area contributed by atoms with Crippen molar-refractivity contribution in [2.75, 3.05) is 25.9 Å². The van der Waals surface area contributed by atoms with E-state index in [1.807, 2.05) is 36.2 Å². The Bertz CT molecular complexity index is 438. The number of nitrogens with zero attached hydrogens (tertiary/aromatic N) is 1. The van der Waals surface area contributed by atoms with Crippen LogP contribution in [0, 0.1) is 0 Å². The second kappa shape index (κ2) is 7.91. The lowest BCUT2D eigenvalue weighted by Crippen LogP contribution is -2.40. The number of benzene rings is 1. The number of carbonyl (C=O) groups excluding carboxylic acids is 1. The van der Waals surface area contributed by atoms with E-state index in [4.69, 9.17) is 11.6 Å². The van der Waals surface area contributed by atoms with E-state index in [1.54, 1.807) is 11.8 Å². The van der Waals surface area contributed by atoms with Gasteiger partial charge in [-0.05, 0) is 44.2 Å². The molecule has 1 saturated heterocycles. The molecule has 5 heteroatoms. The van der Waals surface area contributed by atoms with Crippen molar-refractivity contribution < 1.29 is 4.79 Å². The van der Waals surface area contributed by atoms with Crippen LogP contribution in [-0.2, 0) is 4.79 Å². The molecule has 1 aliphatic rings. The number of carbonyl (C=O) groups is 1. The van der Waals surface area contributed by atoms with E-state index in [0.717, 1.165) is 41.6 Å². The first-order chi connectivity index (χ1) is 9.70. The predicted molar refractivity (Wildman–Crippen MR) is 85.5 cm³/mol. The van der Waals surface area contributed by atoms with Gasteiger partial charge in [-0.1, -0.05) is 11.6 Å². The average Bonchev–Trinajstić information content (AvgIpc) is 2.90. The molecule has 3 nitrogen and oxygen atoms in total. The highest BCUT2D eigenvalue weighted by Crippen LogP contribution is 2.23. The van der Waals surface area contributed by atoms with Crippen molar-refractivity contribution in [3.8, 4) is 0 Å².